The van der Waals surface area contributed by atoms with Crippen LogP contribution in [0.2, 0.25) is 0 Å². The molecule has 2 heterocycles. The monoisotopic (exact) mass is 510 g/mol. The summed E-state index contributed by atoms with van der Waals surface area (Å²) >= 11 is 0. The van der Waals surface area contributed by atoms with E-state index in [1.165, 1.54) is 0 Å². The molecule has 7 nitrogen and oxygen atoms in total. The number of imidazole rings is 2. The van der Waals surface area contributed by atoms with Gasteiger partial charge in [0.25, 0.3) is 0 Å². The van der Waals surface area contributed by atoms with Gasteiger partial charge in [-0.1, -0.05) is 42.5 Å². The fraction of sp³-hybridized carbons (Fsp3) is 0.0625. The molecule has 1 aliphatic rings. The van der Waals surface area contributed by atoms with Gasteiger partial charge in [-0.25, -0.2) is 9.97 Å². The number of methoxy groups -OCH3 is 1. The van der Waals surface area contributed by atoms with Crippen molar-refractivity contribution in [3.8, 4) is 22.8 Å². The van der Waals surface area contributed by atoms with Gasteiger partial charge in [0.2, 0.25) is 0 Å². The zero-order chi connectivity index (χ0) is 26.7. The first-order valence-electron chi connectivity index (χ1n) is 12.5. The van der Waals surface area contributed by atoms with E-state index in [9.17, 15) is 9.59 Å². The van der Waals surface area contributed by atoms with E-state index in [1.54, 1.807) is 25.3 Å². The van der Waals surface area contributed by atoms with Crippen molar-refractivity contribution in [3.63, 3.8) is 0 Å². The molecule has 0 saturated carbocycles. The van der Waals surface area contributed by atoms with Crippen LogP contribution in [0.5, 0.6) is 5.75 Å². The Kier molecular flexibility index (Phi) is 5.06. The fourth-order valence-corrected chi connectivity index (χ4v) is 5.21. The van der Waals surface area contributed by atoms with E-state index in [0.29, 0.717) is 28.2 Å². The minimum atomic E-state index is -0.292. The summed E-state index contributed by atoms with van der Waals surface area (Å²) in [5.41, 5.74) is 3.95. The van der Waals surface area contributed by atoms with Crippen molar-refractivity contribution in [1.82, 2.24) is 19.1 Å². The van der Waals surface area contributed by atoms with Crippen LogP contribution < -0.4 is 4.74 Å². The molecule has 188 valence electrons. The Balaban J connectivity index is 1.40. The molecule has 4 aromatic carbocycles. The van der Waals surface area contributed by atoms with Crippen molar-refractivity contribution in [2.45, 2.75) is 0 Å². The fourth-order valence-electron chi connectivity index (χ4n) is 5.21. The van der Waals surface area contributed by atoms with Gasteiger partial charge in [-0.2, -0.15) is 0 Å². The maximum atomic E-state index is 13.5. The molecule has 0 unspecified atom stereocenters. The summed E-state index contributed by atoms with van der Waals surface area (Å²) in [4.78, 5) is 36.7. The Morgan fingerprint density at radius 1 is 0.744 bits per heavy atom. The van der Waals surface area contributed by atoms with Crippen molar-refractivity contribution in [2.24, 2.45) is 7.05 Å². The Labute approximate surface area is 223 Å². The Bertz CT molecular complexity index is 1920. The van der Waals surface area contributed by atoms with E-state index in [4.69, 9.17) is 14.7 Å². The molecule has 7 heteroatoms. The van der Waals surface area contributed by atoms with Crippen LogP contribution in [0.25, 0.3) is 45.2 Å². The zero-order valence-corrected chi connectivity index (χ0v) is 21.3. The number of aromatic nitrogens is 4. The van der Waals surface area contributed by atoms with Gasteiger partial charge >= 0.3 is 0 Å². The third-order valence-corrected chi connectivity index (χ3v) is 7.21. The molecule has 39 heavy (non-hydrogen) atoms. The molecule has 0 spiro atoms. The van der Waals surface area contributed by atoms with Crippen molar-refractivity contribution in [2.75, 3.05) is 7.11 Å². The lowest BCUT2D eigenvalue weighted by Crippen LogP contribution is -2.04. The van der Waals surface area contributed by atoms with Crippen molar-refractivity contribution >= 4 is 39.7 Å². The standard InChI is InChI=1S/C32H22N4O3/c1-35-30(19-12-14-23(39-2)15-13-19)34-32-31(35)33-27(36(32)22-10-4-3-5-11-22)18-26-28(37)24-16-20-8-6-7-9-21(20)17-25(24)29(26)38/h3-18H,1-2H3. The first-order chi connectivity index (χ1) is 19.0. The minimum Gasteiger partial charge on any atom is -0.497 e. The summed E-state index contributed by atoms with van der Waals surface area (Å²) in [5.74, 6) is 1.38. The topological polar surface area (TPSA) is 79.0 Å². The third-order valence-electron chi connectivity index (χ3n) is 7.21. The summed E-state index contributed by atoms with van der Waals surface area (Å²) in [5, 5.41) is 1.84. The number of nitrogens with zero attached hydrogens (tertiary/aromatic N) is 4. The summed E-state index contributed by atoms with van der Waals surface area (Å²) in [6, 6.07) is 28.7. The van der Waals surface area contributed by atoms with Crippen molar-refractivity contribution < 1.29 is 14.3 Å². The highest BCUT2D eigenvalue weighted by atomic mass is 16.5. The molecular formula is C32H22N4O3. The second kappa shape index (κ2) is 8.63. The number of fused-ring (bicyclic) bond motifs is 3. The van der Waals surface area contributed by atoms with Crippen LogP contribution in [-0.4, -0.2) is 37.8 Å². The number of hydrogen-bond donors (Lipinski definition) is 0. The highest BCUT2D eigenvalue weighted by Gasteiger charge is 2.34. The largest absolute Gasteiger partial charge is 0.497 e. The zero-order valence-electron chi connectivity index (χ0n) is 21.3. The van der Waals surface area contributed by atoms with Crippen LogP contribution in [0, 0.1) is 0 Å². The highest BCUT2D eigenvalue weighted by molar-refractivity contribution is 6.42. The van der Waals surface area contributed by atoms with Gasteiger partial charge in [0, 0.05) is 29.4 Å². The molecule has 1 aliphatic carbocycles. The van der Waals surface area contributed by atoms with Gasteiger partial charge in [0.05, 0.1) is 12.7 Å². The number of carbonyl (C=O) groups is 2. The van der Waals surface area contributed by atoms with Crippen LogP contribution in [-0.2, 0) is 7.05 Å². The van der Waals surface area contributed by atoms with E-state index in [-0.39, 0.29) is 17.1 Å². The Morgan fingerprint density at radius 2 is 1.36 bits per heavy atom. The van der Waals surface area contributed by atoms with Crippen LogP contribution in [0.4, 0.5) is 0 Å². The number of rotatable bonds is 4. The molecule has 0 N–H and O–H groups in total. The van der Waals surface area contributed by atoms with E-state index in [0.717, 1.165) is 33.6 Å². The maximum Gasteiger partial charge on any atom is 0.197 e. The van der Waals surface area contributed by atoms with Crippen LogP contribution in [0.3, 0.4) is 0 Å². The molecule has 0 bridgehead atoms. The molecule has 0 saturated heterocycles. The molecule has 6 aromatic rings. The molecular weight excluding hydrogens is 488 g/mol. The molecule has 0 aliphatic heterocycles. The Morgan fingerprint density at radius 3 is 1.97 bits per heavy atom. The quantitative estimate of drug-likeness (QED) is 0.213. The van der Waals surface area contributed by atoms with Gasteiger partial charge in [-0.3, -0.25) is 14.2 Å². The second-order valence-electron chi connectivity index (χ2n) is 9.47. The summed E-state index contributed by atoms with van der Waals surface area (Å²) in [6.45, 7) is 0. The molecule has 0 amide bonds. The average Bonchev–Trinajstić information content (AvgIpc) is 3.57. The van der Waals surface area contributed by atoms with E-state index in [2.05, 4.69) is 0 Å². The normalized spacial score (nSPS) is 12.9. The number of Topliss-reactive ketones (excluding diaryl/α,β-unsaturated/α-hetero) is 2. The lowest BCUT2D eigenvalue weighted by atomic mass is 10.0. The van der Waals surface area contributed by atoms with E-state index in [1.807, 2.05) is 95.0 Å². The number of ketones is 2. The summed E-state index contributed by atoms with van der Waals surface area (Å²) in [7, 11) is 3.54. The predicted octanol–water partition coefficient (Wildman–Crippen LogP) is 6.05. The molecule has 0 fully saturated rings. The van der Waals surface area contributed by atoms with Crippen molar-refractivity contribution in [1.29, 1.82) is 0 Å². The summed E-state index contributed by atoms with van der Waals surface area (Å²) in [6.07, 6.45) is 1.59. The SMILES string of the molecule is COc1ccc(-c2nc3c(nc(C=C4C(=O)c5cc6ccccc6cc5C4=O)n3-c3ccccc3)n2C)cc1. The van der Waals surface area contributed by atoms with E-state index < -0.39 is 0 Å². The van der Waals surface area contributed by atoms with Gasteiger partial charge in [0.1, 0.15) is 17.4 Å². The number of benzene rings is 4. The summed E-state index contributed by atoms with van der Waals surface area (Å²) < 4.78 is 9.09. The smallest absolute Gasteiger partial charge is 0.197 e. The Hall–Kier alpha value is -5.30. The number of carbonyl (C=O) groups excluding carboxylic acids is 2. The van der Waals surface area contributed by atoms with E-state index >= 15 is 0 Å². The molecule has 0 radical (unpaired) electrons. The van der Waals surface area contributed by atoms with Crippen molar-refractivity contribution in [3.05, 3.63) is 114 Å². The third kappa shape index (κ3) is 3.51. The minimum absolute atomic E-state index is 0.100. The second-order valence-corrected chi connectivity index (χ2v) is 9.47. The first kappa shape index (κ1) is 22.9. The number of aryl methyl sites for hydroxylation is 1. The lowest BCUT2D eigenvalue weighted by Gasteiger charge is -2.07. The van der Waals surface area contributed by atoms with Gasteiger partial charge in [-0.15, -0.1) is 0 Å². The molecule has 0 atom stereocenters. The number of para-hydroxylation sites is 1. The molecule has 7 rings (SSSR count). The number of hydrogen-bond acceptors (Lipinski definition) is 5. The average molecular weight is 511 g/mol. The van der Waals surface area contributed by atoms with Crippen LogP contribution >= 0.6 is 0 Å². The lowest BCUT2D eigenvalue weighted by molar-refractivity contribution is 0.0990. The first-order valence-corrected chi connectivity index (χ1v) is 12.5. The number of allylic oxidation sites excluding steroid dienone is 1. The van der Waals surface area contributed by atoms with Crippen LogP contribution in [0.1, 0.15) is 26.5 Å². The van der Waals surface area contributed by atoms with Crippen LogP contribution in [0.15, 0.2) is 96.6 Å². The number of ether oxygens (including phenoxy) is 1. The highest BCUT2D eigenvalue weighted by Crippen LogP contribution is 2.33. The van der Waals surface area contributed by atoms with Gasteiger partial charge in [-0.05, 0) is 65.4 Å². The van der Waals surface area contributed by atoms with Gasteiger partial charge < -0.3 is 9.30 Å². The van der Waals surface area contributed by atoms with Gasteiger partial charge in [0.15, 0.2) is 22.9 Å². The maximum absolute atomic E-state index is 13.5. The molecule has 2 aromatic heterocycles. The predicted molar refractivity (Wildman–Crippen MR) is 150 cm³/mol.